The van der Waals surface area contributed by atoms with Gasteiger partial charge < -0.3 is 15.1 Å². The molecule has 4 nitrogen and oxygen atoms in total. The molecule has 128 valence electrons. The van der Waals surface area contributed by atoms with Gasteiger partial charge in [0.05, 0.1) is 0 Å². The van der Waals surface area contributed by atoms with Crippen molar-refractivity contribution in [1.82, 2.24) is 15.1 Å². The van der Waals surface area contributed by atoms with Crippen LogP contribution in [0.4, 0.5) is 4.39 Å². The lowest BCUT2D eigenvalue weighted by molar-refractivity contribution is 0.248. The van der Waals surface area contributed by atoms with Crippen molar-refractivity contribution in [2.75, 3.05) is 34.2 Å². The second-order valence-corrected chi connectivity index (χ2v) is 6.38. The smallest absolute Gasteiger partial charge is 0.193 e. The van der Waals surface area contributed by atoms with Gasteiger partial charge in [0.2, 0.25) is 0 Å². The summed E-state index contributed by atoms with van der Waals surface area (Å²) in [5.41, 5.74) is 1.07. The van der Waals surface area contributed by atoms with Gasteiger partial charge in [-0.15, -0.1) is 0 Å². The van der Waals surface area contributed by atoms with Gasteiger partial charge >= 0.3 is 0 Å². The summed E-state index contributed by atoms with van der Waals surface area (Å²) in [6, 6.07) is 7.36. The largest absolute Gasteiger partial charge is 0.355 e. The summed E-state index contributed by atoms with van der Waals surface area (Å²) in [4.78, 5) is 8.84. The highest BCUT2D eigenvalue weighted by molar-refractivity contribution is 5.79. The summed E-state index contributed by atoms with van der Waals surface area (Å²) >= 11 is 0. The normalized spacial score (nSPS) is 16.1. The van der Waals surface area contributed by atoms with Gasteiger partial charge in [0.1, 0.15) is 5.82 Å². The van der Waals surface area contributed by atoms with Gasteiger partial charge in [-0.3, -0.25) is 4.99 Å². The molecule has 0 spiro atoms. The fourth-order valence-corrected chi connectivity index (χ4v) is 3.19. The number of aliphatic imine (C=N–C) groups is 1. The predicted molar refractivity (Wildman–Crippen MR) is 94.1 cm³/mol. The van der Waals surface area contributed by atoms with E-state index in [-0.39, 0.29) is 5.82 Å². The second-order valence-electron chi connectivity index (χ2n) is 6.38. The minimum absolute atomic E-state index is 0.200. The number of halogens is 1. The lowest BCUT2D eigenvalue weighted by Crippen LogP contribution is -2.43. The molecule has 1 fully saturated rings. The quantitative estimate of drug-likeness (QED) is 0.646. The zero-order valence-electron chi connectivity index (χ0n) is 14.6. The molecule has 1 aliphatic rings. The summed E-state index contributed by atoms with van der Waals surface area (Å²) in [6.45, 7) is 2.61. The maximum absolute atomic E-state index is 13.0. The van der Waals surface area contributed by atoms with E-state index in [4.69, 9.17) is 0 Å². The minimum Gasteiger partial charge on any atom is -0.355 e. The van der Waals surface area contributed by atoms with Crippen LogP contribution in [0.3, 0.4) is 0 Å². The molecule has 2 rings (SSSR count). The van der Waals surface area contributed by atoms with E-state index in [9.17, 15) is 4.39 Å². The van der Waals surface area contributed by atoms with Crippen molar-refractivity contribution in [1.29, 1.82) is 0 Å². The van der Waals surface area contributed by atoms with Crippen molar-refractivity contribution in [3.63, 3.8) is 0 Å². The Morgan fingerprint density at radius 2 is 1.87 bits per heavy atom. The summed E-state index contributed by atoms with van der Waals surface area (Å²) in [5, 5.41) is 3.42. The molecule has 0 heterocycles. The van der Waals surface area contributed by atoms with Crippen LogP contribution in [0, 0.1) is 5.82 Å². The van der Waals surface area contributed by atoms with E-state index in [1.165, 1.54) is 37.8 Å². The van der Waals surface area contributed by atoms with Crippen molar-refractivity contribution in [3.05, 3.63) is 35.6 Å². The van der Waals surface area contributed by atoms with Crippen LogP contribution in [0.1, 0.15) is 31.2 Å². The highest BCUT2D eigenvalue weighted by Gasteiger charge is 2.19. The van der Waals surface area contributed by atoms with Crippen molar-refractivity contribution in [3.8, 4) is 0 Å². The Morgan fingerprint density at radius 3 is 2.48 bits per heavy atom. The van der Waals surface area contributed by atoms with Crippen LogP contribution >= 0.6 is 0 Å². The number of nitrogens with zero attached hydrogens (tertiary/aromatic N) is 3. The molecule has 1 saturated carbocycles. The molecule has 5 heteroatoms. The molecule has 0 aromatic heterocycles. The Labute approximate surface area is 139 Å². The molecule has 1 aliphatic carbocycles. The second kappa shape index (κ2) is 8.87. The van der Waals surface area contributed by atoms with Crippen molar-refractivity contribution in [2.24, 2.45) is 4.99 Å². The van der Waals surface area contributed by atoms with Gasteiger partial charge in [-0.1, -0.05) is 25.0 Å². The SMILES string of the molecule is CN=C(NCCN(C)C1CCCC1)N(C)Cc1ccc(F)cc1. The predicted octanol–water partition coefficient (Wildman–Crippen LogP) is 2.71. The van der Waals surface area contributed by atoms with Gasteiger partial charge in [0.25, 0.3) is 0 Å². The lowest BCUT2D eigenvalue weighted by atomic mass is 10.2. The van der Waals surface area contributed by atoms with Gasteiger partial charge in [-0.25, -0.2) is 4.39 Å². The molecule has 23 heavy (non-hydrogen) atoms. The Hall–Kier alpha value is -1.62. The van der Waals surface area contributed by atoms with E-state index in [1.807, 2.05) is 19.2 Å². The molecule has 0 bridgehead atoms. The lowest BCUT2D eigenvalue weighted by Gasteiger charge is -2.26. The number of hydrogen-bond donors (Lipinski definition) is 1. The topological polar surface area (TPSA) is 30.9 Å². The molecule has 0 amide bonds. The van der Waals surface area contributed by atoms with E-state index in [2.05, 4.69) is 27.2 Å². The maximum atomic E-state index is 13.0. The van der Waals surface area contributed by atoms with Crippen LogP contribution in [0.25, 0.3) is 0 Å². The van der Waals surface area contributed by atoms with Crippen LogP contribution in [0.5, 0.6) is 0 Å². The van der Waals surface area contributed by atoms with Crippen LogP contribution in [0.15, 0.2) is 29.3 Å². The molecule has 1 aromatic rings. The molecule has 0 aliphatic heterocycles. The Balaban J connectivity index is 1.76. The van der Waals surface area contributed by atoms with E-state index in [0.717, 1.165) is 30.7 Å². The zero-order chi connectivity index (χ0) is 16.7. The average molecular weight is 320 g/mol. The third-order valence-electron chi connectivity index (χ3n) is 4.60. The fraction of sp³-hybridized carbons (Fsp3) is 0.611. The van der Waals surface area contributed by atoms with Crippen molar-refractivity contribution < 1.29 is 4.39 Å². The minimum atomic E-state index is -0.200. The Morgan fingerprint density at radius 1 is 1.22 bits per heavy atom. The average Bonchev–Trinajstić information content (AvgIpc) is 3.08. The summed E-state index contributed by atoms with van der Waals surface area (Å²) < 4.78 is 13.0. The standard InChI is InChI=1S/C18H29FN4/c1-20-18(21-12-13-22(2)17-6-4-5-7-17)23(3)14-15-8-10-16(19)11-9-15/h8-11,17H,4-7,12-14H2,1-3H3,(H,20,21). The van der Waals surface area contributed by atoms with Gasteiger partial charge in [-0.05, 0) is 37.6 Å². The highest BCUT2D eigenvalue weighted by atomic mass is 19.1. The molecule has 0 radical (unpaired) electrons. The maximum Gasteiger partial charge on any atom is 0.193 e. The summed E-state index contributed by atoms with van der Waals surface area (Å²) in [6.07, 6.45) is 5.39. The number of benzene rings is 1. The molecule has 0 unspecified atom stereocenters. The van der Waals surface area contributed by atoms with Gasteiger partial charge in [0.15, 0.2) is 5.96 Å². The van der Waals surface area contributed by atoms with Crippen LogP contribution in [-0.4, -0.2) is 56.0 Å². The van der Waals surface area contributed by atoms with E-state index in [0.29, 0.717) is 6.54 Å². The molecule has 0 atom stereocenters. The first kappa shape index (κ1) is 17.7. The highest BCUT2D eigenvalue weighted by Crippen LogP contribution is 2.21. The monoisotopic (exact) mass is 320 g/mol. The number of rotatable bonds is 6. The number of nitrogens with one attached hydrogen (secondary N) is 1. The van der Waals surface area contributed by atoms with Gasteiger partial charge in [-0.2, -0.15) is 0 Å². The van der Waals surface area contributed by atoms with Gasteiger partial charge in [0, 0.05) is 39.8 Å². The molecule has 1 aromatic carbocycles. The van der Waals surface area contributed by atoms with E-state index >= 15 is 0 Å². The van der Waals surface area contributed by atoms with Crippen LogP contribution < -0.4 is 5.32 Å². The van der Waals surface area contributed by atoms with E-state index < -0.39 is 0 Å². The summed E-state index contributed by atoms with van der Waals surface area (Å²) in [7, 11) is 6.01. The summed E-state index contributed by atoms with van der Waals surface area (Å²) in [5.74, 6) is 0.669. The third kappa shape index (κ3) is 5.50. The molecular formula is C18H29FN4. The van der Waals surface area contributed by atoms with Crippen LogP contribution in [-0.2, 0) is 6.54 Å². The van der Waals surface area contributed by atoms with E-state index in [1.54, 1.807) is 7.05 Å². The molecule has 1 N–H and O–H groups in total. The fourth-order valence-electron chi connectivity index (χ4n) is 3.19. The zero-order valence-corrected chi connectivity index (χ0v) is 14.6. The molecule has 0 saturated heterocycles. The first-order chi connectivity index (χ1) is 11.1. The van der Waals surface area contributed by atoms with Crippen molar-refractivity contribution in [2.45, 2.75) is 38.3 Å². The third-order valence-corrected chi connectivity index (χ3v) is 4.60. The van der Waals surface area contributed by atoms with Crippen LogP contribution in [0.2, 0.25) is 0 Å². The Kier molecular flexibility index (Phi) is 6.84. The number of likely N-dealkylation sites (N-methyl/N-ethyl adjacent to an activating group) is 1. The first-order valence-corrected chi connectivity index (χ1v) is 8.46. The number of guanidine groups is 1. The first-order valence-electron chi connectivity index (χ1n) is 8.46. The number of hydrogen-bond acceptors (Lipinski definition) is 2. The Bertz CT molecular complexity index is 494. The molecular weight excluding hydrogens is 291 g/mol. The van der Waals surface area contributed by atoms with Crippen molar-refractivity contribution >= 4 is 5.96 Å².